The number of aromatic nitrogens is 3. The summed E-state index contributed by atoms with van der Waals surface area (Å²) in [6.07, 6.45) is 5.33. The number of benzene rings is 1. The summed E-state index contributed by atoms with van der Waals surface area (Å²) in [6, 6.07) is 8.82. The van der Waals surface area contributed by atoms with Crippen LogP contribution in [-0.2, 0) is 6.54 Å². The Hall–Kier alpha value is -2.82. The molecule has 0 aliphatic rings. The molecule has 0 saturated heterocycles. The van der Waals surface area contributed by atoms with Crippen molar-refractivity contribution in [2.45, 2.75) is 13.5 Å². The molecule has 0 aliphatic carbocycles. The molecule has 5 heteroatoms. The van der Waals surface area contributed by atoms with Crippen molar-refractivity contribution in [2.75, 3.05) is 0 Å². The van der Waals surface area contributed by atoms with Crippen molar-refractivity contribution in [3.05, 3.63) is 54.7 Å². The highest BCUT2D eigenvalue weighted by atomic mass is 19.1. The van der Waals surface area contributed by atoms with Gasteiger partial charge in [-0.3, -0.25) is 14.7 Å². The maximum Gasteiger partial charge on any atom is 0.158 e. The van der Waals surface area contributed by atoms with E-state index in [1.165, 1.54) is 0 Å². The first-order valence-electron chi connectivity index (χ1n) is 6.98. The van der Waals surface area contributed by atoms with E-state index in [2.05, 4.69) is 21.8 Å². The molecule has 0 N–H and O–H groups in total. The van der Waals surface area contributed by atoms with Crippen LogP contribution in [0.4, 0.5) is 10.1 Å². The van der Waals surface area contributed by atoms with Crippen molar-refractivity contribution >= 4 is 12.4 Å². The Labute approximate surface area is 128 Å². The first-order chi connectivity index (χ1) is 10.7. The van der Waals surface area contributed by atoms with Gasteiger partial charge < -0.3 is 0 Å². The molecule has 0 fully saturated rings. The Bertz CT molecular complexity index is 809. The molecule has 0 atom stereocenters. The van der Waals surface area contributed by atoms with Gasteiger partial charge in [-0.05, 0) is 43.5 Å². The van der Waals surface area contributed by atoms with Crippen LogP contribution in [-0.4, -0.2) is 21.5 Å². The first-order valence-corrected chi connectivity index (χ1v) is 6.98. The van der Waals surface area contributed by atoms with Crippen LogP contribution in [0.5, 0.6) is 0 Å². The maximum atomic E-state index is 14.6. The highest BCUT2D eigenvalue weighted by molar-refractivity contribution is 5.81. The lowest BCUT2D eigenvalue weighted by molar-refractivity contribution is 0.629. The monoisotopic (exact) mass is 294 g/mol. The van der Waals surface area contributed by atoms with Crippen LogP contribution in [0.25, 0.3) is 22.4 Å². The zero-order chi connectivity index (χ0) is 15.5. The lowest BCUT2D eigenvalue weighted by atomic mass is 10.0. The summed E-state index contributed by atoms with van der Waals surface area (Å²) in [6.45, 7) is 6.10. The summed E-state index contributed by atoms with van der Waals surface area (Å²) in [4.78, 5) is 7.74. The van der Waals surface area contributed by atoms with Gasteiger partial charge in [0.05, 0.1) is 5.69 Å². The summed E-state index contributed by atoms with van der Waals surface area (Å²) >= 11 is 0. The number of hydrogen-bond acceptors (Lipinski definition) is 3. The number of hydrogen-bond donors (Lipinski definition) is 0. The van der Waals surface area contributed by atoms with E-state index >= 15 is 0 Å². The van der Waals surface area contributed by atoms with E-state index in [0.717, 1.165) is 11.1 Å². The van der Waals surface area contributed by atoms with Gasteiger partial charge in [0.15, 0.2) is 5.82 Å². The van der Waals surface area contributed by atoms with Crippen LogP contribution in [0, 0.1) is 5.82 Å². The van der Waals surface area contributed by atoms with Gasteiger partial charge in [0.2, 0.25) is 0 Å². The predicted molar refractivity (Wildman–Crippen MR) is 85.7 cm³/mol. The van der Waals surface area contributed by atoms with Crippen molar-refractivity contribution in [3.8, 4) is 22.4 Å². The number of rotatable bonds is 4. The van der Waals surface area contributed by atoms with Crippen LogP contribution >= 0.6 is 0 Å². The molecule has 3 aromatic rings. The standard InChI is InChI=1S/C17H15FN4/c1-3-22-11-14(12-7-9-20-10-8-12)17(21-22)13-5-4-6-15(19-2)16(13)18/h4-11H,2-3H2,1H3. The second-order valence-electron chi connectivity index (χ2n) is 4.78. The van der Waals surface area contributed by atoms with Crippen LogP contribution in [0.3, 0.4) is 0 Å². The summed E-state index contributed by atoms with van der Waals surface area (Å²) in [5.41, 5.74) is 3.05. The van der Waals surface area contributed by atoms with Crippen LogP contribution in [0.2, 0.25) is 0 Å². The molecule has 0 spiro atoms. The van der Waals surface area contributed by atoms with Gasteiger partial charge in [-0.15, -0.1) is 0 Å². The van der Waals surface area contributed by atoms with E-state index in [4.69, 9.17) is 0 Å². The lowest BCUT2D eigenvalue weighted by Gasteiger charge is -2.05. The third-order valence-electron chi connectivity index (χ3n) is 3.48. The second kappa shape index (κ2) is 5.89. The van der Waals surface area contributed by atoms with E-state index in [0.29, 0.717) is 17.8 Å². The Kier molecular flexibility index (Phi) is 3.78. The summed E-state index contributed by atoms with van der Waals surface area (Å²) in [5, 5.41) is 4.51. The molecular formula is C17H15FN4. The van der Waals surface area contributed by atoms with Crippen molar-refractivity contribution in [3.63, 3.8) is 0 Å². The second-order valence-corrected chi connectivity index (χ2v) is 4.78. The molecule has 0 amide bonds. The number of nitrogens with zero attached hydrogens (tertiary/aromatic N) is 4. The number of aryl methyl sites for hydroxylation is 1. The molecule has 0 saturated carbocycles. The summed E-state index contributed by atoms with van der Waals surface area (Å²) in [7, 11) is 0. The number of aliphatic imine (C=N–C) groups is 1. The lowest BCUT2D eigenvalue weighted by Crippen LogP contribution is -1.94. The Balaban J connectivity index is 2.23. The van der Waals surface area contributed by atoms with Gasteiger partial charge in [-0.2, -0.15) is 5.10 Å². The molecule has 0 radical (unpaired) electrons. The predicted octanol–water partition coefficient (Wildman–Crippen LogP) is 4.10. The third kappa shape index (κ3) is 2.41. The average molecular weight is 294 g/mol. The highest BCUT2D eigenvalue weighted by Crippen LogP contribution is 2.35. The van der Waals surface area contributed by atoms with Gasteiger partial charge >= 0.3 is 0 Å². The average Bonchev–Trinajstić information content (AvgIpc) is 3.00. The van der Waals surface area contributed by atoms with Crippen LogP contribution < -0.4 is 0 Å². The smallest absolute Gasteiger partial charge is 0.158 e. The topological polar surface area (TPSA) is 43.1 Å². The van der Waals surface area contributed by atoms with Crippen molar-refractivity contribution in [1.29, 1.82) is 0 Å². The number of pyridine rings is 1. The maximum absolute atomic E-state index is 14.6. The Morgan fingerprint density at radius 3 is 2.64 bits per heavy atom. The Morgan fingerprint density at radius 2 is 1.95 bits per heavy atom. The quantitative estimate of drug-likeness (QED) is 0.680. The minimum Gasteiger partial charge on any atom is -0.272 e. The SMILES string of the molecule is C=Nc1cccc(-c2nn(CC)cc2-c2ccncc2)c1F. The van der Waals surface area contributed by atoms with Gasteiger partial charge in [0.1, 0.15) is 5.69 Å². The molecule has 110 valence electrons. The molecule has 3 rings (SSSR count). The van der Waals surface area contributed by atoms with E-state index in [9.17, 15) is 4.39 Å². The van der Waals surface area contributed by atoms with E-state index in [-0.39, 0.29) is 5.69 Å². The molecule has 0 aliphatic heterocycles. The van der Waals surface area contributed by atoms with Gasteiger partial charge in [0, 0.05) is 36.3 Å². The summed E-state index contributed by atoms with van der Waals surface area (Å²) in [5.74, 6) is -0.408. The number of halogens is 1. The summed E-state index contributed by atoms with van der Waals surface area (Å²) < 4.78 is 16.4. The normalized spacial score (nSPS) is 10.6. The minimum absolute atomic E-state index is 0.226. The molecule has 4 nitrogen and oxygen atoms in total. The molecule has 22 heavy (non-hydrogen) atoms. The van der Waals surface area contributed by atoms with Crippen molar-refractivity contribution in [1.82, 2.24) is 14.8 Å². The molecule has 2 heterocycles. The van der Waals surface area contributed by atoms with E-state index in [1.807, 2.05) is 25.3 Å². The molecule has 0 unspecified atom stereocenters. The highest BCUT2D eigenvalue weighted by Gasteiger charge is 2.17. The van der Waals surface area contributed by atoms with E-state index in [1.54, 1.807) is 35.3 Å². The van der Waals surface area contributed by atoms with Crippen LogP contribution in [0.15, 0.2) is 53.9 Å². The zero-order valence-electron chi connectivity index (χ0n) is 12.2. The molecular weight excluding hydrogens is 279 g/mol. The molecule has 1 aromatic carbocycles. The minimum atomic E-state index is -0.408. The fourth-order valence-corrected chi connectivity index (χ4v) is 2.35. The Morgan fingerprint density at radius 1 is 1.18 bits per heavy atom. The van der Waals surface area contributed by atoms with Gasteiger partial charge in [-0.1, -0.05) is 6.07 Å². The molecule has 0 bridgehead atoms. The fourth-order valence-electron chi connectivity index (χ4n) is 2.35. The molecule has 2 aromatic heterocycles. The van der Waals surface area contributed by atoms with Crippen molar-refractivity contribution in [2.24, 2.45) is 4.99 Å². The van der Waals surface area contributed by atoms with Gasteiger partial charge in [-0.25, -0.2) is 4.39 Å². The van der Waals surface area contributed by atoms with E-state index < -0.39 is 5.82 Å². The first kappa shape index (κ1) is 14.1. The van der Waals surface area contributed by atoms with Crippen LogP contribution in [0.1, 0.15) is 6.92 Å². The fraction of sp³-hybridized carbons (Fsp3) is 0.118. The third-order valence-corrected chi connectivity index (χ3v) is 3.48. The zero-order valence-corrected chi connectivity index (χ0v) is 12.2. The largest absolute Gasteiger partial charge is 0.272 e. The van der Waals surface area contributed by atoms with Gasteiger partial charge in [0.25, 0.3) is 0 Å². The van der Waals surface area contributed by atoms with Crippen molar-refractivity contribution < 1.29 is 4.39 Å².